The zero-order valence-electron chi connectivity index (χ0n) is 15.2. The highest BCUT2D eigenvalue weighted by atomic mass is 32.1. The lowest BCUT2D eigenvalue weighted by Gasteiger charge is -2.12. The lowest BCUT2D eigenvalue weighted by Crippen LogP contribution is -2.38. The van der Waals surface area contributed by atoms with Gasteiger partial charge in [0.15, 0.2) is 5.96 Å². The van der Waals surface area contributed by atoms with Crippen LogP contribution in [0.15, 0.2) is 46.8 Å². The maximum Gasteiger partial charge on any atom is 0.261 e. The minimum Gasteiger partial charge on any atom is -0.496 e. The second kappa shape index (κ2) is 11.1. The highest BCUT2D eigenvalue weighted by Crippen LogP contribution is 2.17. The van der Waals surface area contributed by atoms with Gasteiger partial charge < -0.3 is 20.7 Å². The molecule has 140 valence electrons. The van der Waals surface area contributed by atoms with Gasteiger partial charge in [0.25, 0.3) is 5.91 Å². The predicted molar refractivity (Wildman–Crippen MR) is 107 cm³/mol. The monoisotopic (exact) mass is 374 g/mol. The molecule has 6 nitrogen and oxygen atoms in total. The Morgan fingerprint density at radius 3 is 2.65 bits per heavy atom. The van der Waals surface area contributed by atoms with Crippen LogP contribution in [-0.2, 0) is 6.54 Å². The summed E-state index contributed by atoms with van der Waals surface area (Å²) in [5, 5.41) is 11.3. The number of nitrogens with one attached hydrogen (secondary N) is 3. The summed E-state index contributed by atoms with van der Waals surface area (Å²) in [4.78, 5) is 17.2. The topological polar surface area (TPSA) is 74.8 Å². The Hall–Kier alpha value is -2.54. The van der Waals surface area contributed by atoms with Crippen molar-refractivity contribution in [1.82, 2.24) is 16.0 Å². The molecule has 2 rings (SSSR count). The third-order valence-corrected chi connectivity index (χ3v) is 4.49. The highest BCUT2D eigenvalue weighted by molar-refractivity contribution is 7.12. The van der Waals surface area contributed by atoms with Gasteiger partial charge in [-0.1, -0.05) is 24.3 Å². The average molecular weight is 375 g/mol. The smallest absolute Gasteiger partial charge is 0.261 e. The fraction of sp³-hybridized carbons (Fsp3) is 0.368. The number of hydrogen-bond acceptors (Lipinski definition) is 4. The van der Waals surface area contributed by atoms with Crippen LogP contribution < -0.4 is 20.7 Å². The molecule has 1 aromatic heterocycles. The minimum absolute atomic E-state index is 0.0169. The number of para-hydroxylation sites is 1. The van der Waals surface area contributed by atoms with Gasteiger partial charge in [-0.15, -0.1) is 11.3 Å². The van der Waals surface area contributed by atoms with Crippen LogP contribution in [0.1, 0.15) is 28.6 Å². The first-order valence-corrected chi connectivity index (χ1v) is 9.58. The van der Waals surface area contributed by atoms with Crippen LogP contribution >= 0.6 is 11.3 Å². The second-order valence-corrected chi connectivity index (χ2v) is 6.47. The quantitative estimate of drug-likeness (QED) is 0.358. The summed E-state index contributed by atoms with van der Waals surface area (Å²) in [5.74, 6) is 1.57. The summed E-state index contributed by atoms with van der Waals surface area (Å²) in [6.45, 7) is 4.70. The molecule has 1 heterocycles. The molecule has 0 unspecified atom stereocenters. The molecule has 0 saturated carbocycles. The number of aliphatic imine (C=N–C) groups is 1. The normalized spacial score (nSPS) is 11.1. The standard InChI is InChI=1S/C19H26N4O2S/c1-3-20-19(23-14-15-8-4-5-9-16(15)25-2)22-12-7-11-21-18(24)17-10-6-13-26-17/h4-6,8-10,13H,3,7,11-12,14H2,1-2H3,(H,21,24)(H2,20,22,23). The molecule has 0 fully saturated rings. The van der Waals surface area contributed by atoms with Crippen molar-refractivity contribution in [3.8, 4) is 5.75 Å². The molecule has 0 atom stereocenters. The van der Waals surface area contributed by atoms with Crippen LogP contribution in [0, 0.1) is 0 Å². The summed E-state index contributed by atoms with van der Waals surface area (Å²) < 4.78 is 5.35. The number of guanidine groups is 1. The van der Waals surface area contributed by atoms with Gasteiger partial charge in [0.2, 0.25) is 0 Å². The largest absolute Gasteiger partial charge is 0.496 e. The van der Waals surface area contributed by atoms with Crippen molar-refractivity contribution in [3.05, 3.63) is 52.2 Å². The molecule has 0 bridgehead atoms. The van der Waals surface area contributed by atoms with E-state index in [1.54, 1.807) is 7.11 Å². The van der Waals surface area contributed by atoms with Crippen molar-refractivity contribution >= 4 is 23.2 Å². The first-order chi connectivity index (χ1) is 12.7. The summed E-state index contributed by atoms with van der Waals surface area (Å²) in [7, 11) is 1.66. The number of nitrogens with zero attached hydrogens (tertiary/aromatic N) is 1. The molecule has 2 aromatic rings. The van der Waals surface area contributed by atoms with E-state index in [0.717, 1.165) is 41.7 Å². The van der Waals surface area contributed by atoms with Gasteiger partial charge in [-0.3, -0.25) is 4.79 Å². The molecule has 0 spiro atoms. The van der Waals surface area contributed by atoms with E-state index in [-0.39, 0.29) is 5.91 Å². The number of methoxy groups -OCH3 is 1. The molecule has 26 heavy (non-hydrogen) atoms. The molecule has 0 aliphatic heterocycles. The molecule has 7 heteroatoms. The first-order valence-electron chi connectivity index (χ1n) is 8.70. The molecule has 0 aliphatic rings. The van der Waals surface area contributed by atoms with Gasteiger partial charge in [0, 0.05) is 25.2 Å². The molecule has 0 saturated heterocycles. The lowest BCUT2D eigenvalue weighted by atomic mass is 10.2. The SMILES string of the molecule is CCNC(=NCc1ccccc1OC)NCCCNC(=O)c1cccs1. The van der Waals surface area contributed by atoms with Crippen molar-refractivity contribution in [2.24, 2.45) is 4.99 Å². The number of ether oxygens (including phenoxy) is 1. The average Bonchev–Trinajstić information content (AvgIpc) is 3.20. The number of benzene rings is 1. The Morgan fingerprint density at radius 2 is 1.92 bits per heavy atom. The van der Waals surface area contributed by atoms with Gasteiger partial charge in [-0.05, 0) is 30.9 Å². The fourth-order valence-electron chi connectivity index (χ4n) is 2.33. The molecule has 1 amide bonds. The Labute approximate surface area is 158 Å². The van der Waals surface area contributed by atoms with Gasteiger partial charge >= 0.3 is 0 Å². The van der Waals surface area contributed by atoms with Gasteiger partial charge in [0.1, 0.15) is 5.75 Å². The van der Waals surface area contributed by atoms with Crippen molar-refractivity contribution in [1.29, 1.82) is 0 Å². The molecule has 3 N–H and O–H groups in total. The van der Waals surface area contributed by atoms with Gasteiger partial charge in [-0.2, -0.15) is 0 Å². The molecular formula is C19H26N4O2S. The van der Waals surface area contributed by atoms with Crippen LogP contribution in [0.4, 0.5) is 0 Å². The zero-order valence-corrected chi connectivity index (χ0v) is 16.1. The highest BCUT2D eigenvalue weighted by Gasteiger charge is 2.05. The minimum atomic E-state index is -0.0169. The number of carbonyl (C=O) groups is 1. The Kier molecular flexibility index (Phi) is 8.48. The van der Waals surface area contributed by atoms with Crippen molar-refractivity contribution in [2.75, 3.05) is 26.7 Å². The summed E-state index contributed by atoms with van der Waals surface area (Å²) in [6.07, 6.45) is 0.816. The first kappa shape index (κ1) is 19.8. The summed E-state index contributed by atoms with van der Waals surface area (Å²) in [5.41, 5.74) is 1.04. The van der Waals surface area contributed by atoms with E-state index < -0.39 is 0 Å². The van der Waals surface area contributed by atoms with E-state index in [2.05, 4.69) is 20.9 Å². The molecular weight excluding hydrogens is 348 g/mol. The fourth-order valence-corrected chi connectivity index (χ4v) is 2.97. The van der Waals surface area contributed by atoms with E-state index in [9.17, 15) is 4.79 Å². The zero-order chi connectivity index (χ0) is 18.6. The van der Waals surface area contributed by atoms with Crippen LogP contribution in [0.5, 0.6) is 5.75 Å². The predicted octanol–water partition coefficient (Wildman–Crippen LogP) is 2.63. The number of carbonyl (C=O) groups excluding carboxylic acids is 1. The summed E-state index contributed by atoms with van der Waals surface area (Å²) in [6, 6.07) is 11.6. The van der Waals surface area contributed by atoms with Crippen molar-refractivity contribution in [3.63, 3.8) is 0 Å². The van der Waals surface area contributed by atoms with Crippen molar-refractivity contribution < 1.29 is 9.53 Å². The molecule has 1 aromatic carbocycles. The lowest BCUT2D eigenvalue weighted by molar-refractivity contribution is 0.0957. The van der Waals surface area contributed by atoms with E-state index in [1.165, 1.54) is 11.3 Å². The van der Waals surface area contributed by atoms with E-state index in [0.29, 0.717) is 13.1 Å². The van der Waals surface area contributed by atoms with Crippen LogP contribution in [0.25, 0.3) is 0 Å². The Morgan fingerprint density at radius 1 is 1.12 bits per heavy atom. The molecule has 0 aliphatic carbocycles. The number of amides is 1. The van der Waals surface area contributed by atoms with Gasteiger partial charge in [-0.25, -0.2) is 4.99 Å². The van der Waals surface area contributed by atoms with Gasteiger partial charge in [0.05, 0.1) is 18.5 Å². The number of hydrogen-bond donors (Lipinski definition) is 3. The van der Waals surface area contributed by atoms with E-state index in [4.69, 9.17) is 4.74 Å². The molecule has 0 radical (unpaired) electrons. The summed E-state index contributed by atoms with van der Waals surface area (Å²) >= 11 is 1.45. The maximum atomic E-state index is 11.9. The number of rotatable bonds is 9. The Bertz CT molecular complexity index is 701. The van der Waals surface area contributed by atoms with Crippen LogP contribution in [0.2, 0.25) is 0 Å². The van der Waals surface area contributed by atoms with Crippen LogP contribution in [0.3, 0.4) is 0 Å². The second-order valence-electron chi connectivity index (χ2n) is 5.52. The van der Waals surface area contributed by atoms with E-state index >= 15 is 0 Å². The third-order valence-electron chi connectivity index (χ3n) is 3.62. The Balaban J connectivity index is 1.75. The number of thiophene rings is 1. The van der Waals surface area contributed by atoms with Crippen LogP contribution in [-0.4, -0.2) is 38.6 Å². The van der Waals surface area contributed by atoms with E-state index in [1.807, 2.05) is 48.7 Å². The maximum absolute atomic E-state index is 11.9. The van der Waals surface area contributed by atoms with Crippen molar-refractivity contribution in [2.45, 2.75) is 19.9 Å². The third kappa shape index (κ3) is 6.40.